The van der Waals surface area contributed by atoms with E-state index in [-0.39, 0.29) is 17.0 Å². The van der Waals surface area contributed by atoms with Gasteiger partial charge in [-0.25, -0.2) is 0 Å². The van der Waals surface area contributed by atoms with Crippen LogP contribution in [0.4, 0.5) is 0 Å². The summed E-state index contributed by atoms with van der Waals surface area (Å²) in [5, 5.41) is 1.34. The smallest absolute Gasteiger partial charge is 0.0271 e. The Hall–Kier alpha value is 0.130. The van der Waals surface area contributed by atoms with Crippen LogP contribution in [-0.4, -0.2) is 0 Å². The van der Waals surface area contributed by atoms with Crippen LogP contribution < -0.4 is 5.30 Å². The van der Waals surface area contributed by atoms with Crippen LogP contribution in [-0.2, 0) is 6.42 Å². The van der Waals surface area contributed by atoms with Gasteiger partial charge in [0.2, 0.25) is 0 Å². The topological polar surface area (TPSA) is 0 Å². The van der Waals surface area contributed by atoms with E-state index in [0.717, 1.165) is 0 Å². The molecule has 0 fully saturated rings. The van der Waals surface area contributed by atoms with Crippen LogP contribution in [0.1, 0.15) is 18.9 Å². The SMILES string of the molecule is Br.CCCc1ccccc1P. The summed E-state index contributed by atoms with van der Waals surface area (Å²) in [5.74, 6) is 0. The molecule has 0 saturated heterocycles. The van der Waals surface area contributed by atoms with Crippen molar-refractivity contribution >= 4 is 31.5 Å². The van der Waals surface area contributed by atoms with Gasteiger partial charge in [0.05, 0.1) is 0 Å². The van der Waals surface area contributed by atoms with E-state index in [1.807, 2.05) is 0 Å². The van der Waals surface area contributed by atoms with Crippen molar-refractivity contribution in [3.05, 3.63) is 29.8 Å². The third kappa shape index (κ3) is 3.35. The highest BCUT2D eigenvalue weighted by molar-refractivity contribution is 8.93. The zero-order chi connectivity index (χ0) is 7.40. The zero-order valence-corrected chi connectivity index (χ0v) is 9.58. The highest BCUT2D eigenvalue weighted by Gasteiger charge is 1.92. The molecule has 0 nitrogen and oxygen atoms in total. The van der Waals surface area contributed by atoms with Crippen molar-refractivity contribution in [3.8, 4) is 0 Å². The van der Waals surface area contributed by atoms with Crippen molar-refractivity contribution in [3.63, 3.8) is 0 Å². The zero-order valence-electron chi connectivity index (χ0n) is 6.71. The minimum Gasteiger partial charge on any atom is -0.114 e. The summed E-state index contributed by atoms with van der Waals surface area (Å²) in [6.45, 7) is 2.21. The van der Waals surface area contributed by atoms with Crippen LogP contribution in [0.5, 0.6) is 0 Å². The molecule has 2 heteroatoms. The van der Waals surface area contributed by atoms with Crippen molar-refractivity contribution in [1.29, 1.82) is 0 Å². The fraction of sp³-hybridized carbons (Fsp3) is 0.333. The standard InChI is InChI=1S/C9H13P.BrH/c1-2-5-8-6-3-4-7-9(8)10;/h3-4,6-7H,2,5,10H2,1H3;1H. The van der Waals surface area contributed by atoms with Gasteiger partial charge in [-0.15, -0.1) is 26.2 Å². The molecular formula is C9H14BrP. The van der Waals surface area contributed by atoms with Crippen LogP contribution in [0.2, 0.25) is 0 Å². The van der Waals surface area contributed by atoms with Gasteiger partial charge in [0, 0.05) is 0 Å². The first-order valence-corrected chi connectivity index (χ1v) is 4.25. The summed E-state index contributed by atoms with van der Waals surface area (Å²) in [6, 6.07) is 8.49. The lowest BCUT2D eigenvalue weighted by molar-refractivity contribution is 0.928. The second-order valence-electron chi connectivity index (χ2n) is 2.45. The molecule has 0 aromatic heterocycles. The number of hydrogen-bond donors (Lipinski definition) is 0. The highest BCUT2D eigenvalue weighted by Crippen LogP contribution is 2.02. The number of hydrogen-bond acceptors (Lipinski definition) is 0. The molecule has 1 atom stereocenters. The quantitative estimate of drug-likeness (QED) is 0.689. The van der Waals surface area contributed by atoms with Crippen LogP contribution >= 0.6 is 26.2 Å². The predicted octanol–water partition coefficient (Wildman–Crippen LogP) is 2.72. The minimum absolute atomic E-state index is 0. The number of rotatable bonds is 2. The Morgan fingerprint density at radius 1 is 1.27 bits per heavy atom. The van der Waals surface area contributed by atoms with Crippen molar-refractivity contribution in [2.24, 2.45) is 0 Å². The number of aryl methyl sites for hydroxylation is 1. The monoisotopic (exact) mass is 232 g/mol. The van der Waals surface area contributed by atoms with Gasteiger partial charge >= 0.3 is 0 Å². The molecule has 0 heterocycles. The summed E-state index contributed by atoms with van der Waals surface area (Å²) >= 11 is 0. The Kier molecular flexibility index (Phi) is 5.81. The van der Waals surface area contributed by atoms with Crippen molar-refractivity contribution in [2.75, 3.05) is 0 Å². The molecule has 11 heavy (non-hydrogen) atoms. The van der Waals surface area contributed by atoms with Crippen LogP contribution in [0.15, 0.2) is 24.3 Å². The summed E-state index contributed by atoms with van der Waals surface area (Å²) in [4.78, 5) is 0. The third-order valence-electron chi connectivity index (χ3n) is 1.57. The lowest BCUT2D eigenvalue weighted by Gasteiger charge is -2.00. The van der Waals surface area contributed by atoms with Gasteiger partial charge in [0.25, 0.3) is 0 Å². The van der Waals surface area contributed by atoms with Gasteiger partial charge < -0.3 is 0 Å². The third-order valence-corrected chi connectivity index (χ3v) is 2.14. The van der Waals surface area contributed by atoms with Crippen molar-refractivity contribution in [2.45, 2.75) is 19.8 Å². The van der Waals surface area contributed by atoms with E-state index >= 15 is 0 Å². The molecule has 62 valence electrons. The Morgan fingerprint density at radius 3 is 2.45 bits per heavy atom. The van der Waals surface area contributed by atoms with Gasteiger partial charge in [-0.2, -0.15) is 0 Å². The van der Waals surface area contributed by atoms with Crippen molar-refractivity contribution in [1.82, 2.24) is 0 Å². The van der Waals surface area contributed by atoms with E-state index in [9.17, 15) is 0 Å². The summed E-state index contributed by atoms with van der Waals surface area (Å²) in [5.41, 5.74) is 1.45. The van der Waals surface area contributed by atoms with Crippen molar-refractivity contribution < 1.29 is 0 Å². The minimum atomic E-state index is 0. The molecule has 0 aliphatic rings. The fourth-order valence-corrected chi connectivity index (χ4v) is 1.38. The molecule has 1 rings (SSSR count). The molecule has 0 aliphatic carbocycles. The molecule has 1 unspecified atom stereocenters. The highest BCUT2D eigenvalue weighted by atomic mass is 79.9. The summed E-state index contributed by atoms with van der Waals surface area (Å²) < 4.78 is 0. The molecule has 0 N–H and O–H groups in total. The normalized spacial score (nSPS) is 8.91. The van der Waals surface area contributed by atoms with Crippen LogP contribution in [0.25, 0.3) is 0 Å². The first-order chi connectivity index (χ1) is 4.84. The van der Waals surface area contributed by atoms with Crippen LogP contribution in [0, 0.1) is 0 Å². The second-order valence-corrected chi connectivity index (χ2v) is 3.07. The Balaban J connectivity index is 0.000001000. The molecule has 1 aromatic rings. The van der Waals surface area contributed by atoms with Gasteiger partial charge in [-0.1, -0.05) is 37.6 Å². The van der Waals surface area contributed by atoms with E-state index in [4.69, 9.17) is 0 Å². The summed E-state index contributed by atoms with van der Waals surface area (Å²) in [7, 11) is 2.76. The van der Waals surface area contributed by atoms with Gasteiger partial charge in [-0.3, -0.25) is 0 Å². The maximum Gasteiger partial charge on any atom is -0.0271 e. The number of benzene rings is 1. The van der Waals surface area contributed by atoms with E-state index in [2.05, 4.69) is 40.4 Å². The molecule has 0 radical (unpaired) electrons. The molecule has 0 aliphatic heterocycles. The lowest BCUT2D eigenvalue weighted by Crippen LogP contribution is -1.99. The Labute approximate surface area is 81.4 Å². The van der Waals surface area contributed by atoms with Gasteiger partial charge in [-0.05, 0) is 17.3 Å². The predicted molar refractivity (Wildman–Crippen MR) is 60.1 cm³/mol. The largest absolute Gasteiger partial charge is 0.114 e. The molecule has 0 bridgehead atoms. The first kappa shape index (κ1) is 11.1. The molecular weight excluding hydrogens is 219 g/mol. The average Bonchev–Trinajstić information content (AvgIpc) is 1.94. The second kappa shape index (κ2) is 5.74. The molecule has 0 amide bonds. The van der Waals surface area contributed by atoms with E-state index in [1.165, 1.54) is 23.7 Å². The average molecular weight is 233 g/mol. The maximum atomic E-state index is 2.76. The molecule has 0 spiro atoms. The molecule has 0 saturated carbocycles. The van der Waals surface area contributed by atoms with E-state index in [0.29, 0.717) is 0 Å². The maximum absolute atomic E-state index is 2.76. The lowest BCUT2D eigenvalue weighted by atomic mass is 10.1. The summed E-state index contributed by atoms with van der Waals surface area (Å²) in [6.07, 6.45) is 2.42. The van der Waals surface area contributed by atoms with Crippen LogP contribution in [0.3, 0.4) is 0 Å². The Bertz CT molecular complexity index is 210. The van der Waals surface area contributed by atoms with E-state index in [1.54, 1.807) is 0 Å². The first-order valence-electron chi connectivity index (χ1n) is 3.68. The fourth-order valence-electron chi connectivity index (χ4n) is 1.03. The Morgan fingerprint density at radius 2 is 1.91 bits per heavy atom. The van der Waals surface area contributed by atoms with Gasteiger partial charge in [0.1, 0.15) is 0 Å². The van der Waals surface area contributed by atoms with E-state index < -0.39 is 0 Å². The number of halogens is 1. The molecule has 1 aromatic carbocycles. The van der Waals surface area contributed by atoms with Gasteiger partial charge in [0.15, 0.2) is 0 Å².